The van der Waals surface area contributed by atoms with Gasteiger partial charge in [-0.2, -0.15) is 9.28 Å². The first-order valence-electron chi connectivity index (χ1n) is 6.44. The molecule has 1 aromatic heterocycles. The average Bonchev–Trinajstić information content (AvgIpc) is 2.76. The summed E-state index contributed by atoms with van der Waals surface area (Å²) in [6.07, 6.45) is -0.368. The number of nitrogens with zero attached hydrogens (tertiary/aromatic N) is 2. The van der Waals surface area contributed by atoms with Crippen molar-refractivity contribution < 1.29 is 19.4 Å². The van der Waals surface area contributed by atoms with Gasteiger partial charge in [0, 0.05) is 12.5 Å². The minimum absolute atomic E-state index is 0.170. The number of rotatable bonds is 1. The highest BCUT2D eigenvalue weighted by molar-refractivity contribution is 5.89. The van der Waals surface area contributed by atoms with Crippen LogP contribution in [0.5, 0.6) is 0 Å². The molecule has 2 rings (SSSR count). The van der Waals surface area contributed by atoms with Crippen molar-refractivity contribution in [1.82, 2.24) is 9.47 Å². The summed E-state index contributed by atoms with van der Waals surface area (Å²) in [5, 5.41) is 9.72. The Morgan fingerprint density at radius 1 is 1.35 bits per heavy atom. The number of aromatic nitrogens is 1. The summed E-state index contributed by atoms with van der Waals surface area (Å²) < 4.78 is 4.47. The van der Waals surface area contributed by atoms with E-state index in [1.165, 1.54) is 13.2 Å². The van der Waals surface area contributed by atoms with Crippen LogP contribution in [0.2, 0.25) is 0 Å². The van der Waals surface area contributed by atoms with Gasteiger partial charge in [0.25, 0.3) is 0 Å². The first-order valence-corrected chi connectivity index (χ1v) is 6.44. The molecule has 0 aromatic carbocycles. The molecule has 0 saturated heterocycles. The molecule has 0 saturated carbocycles. The lowest BCUT2D eigenvalue weighted by Crippen LogP contribution is -2.63. The lowest BCUT2D eigenvalue weighted by molar-refractivity contribution is 0.0594. The molecule has 20 heavy (non-hydrogen) atoms. The fourth-order valence-electron chi connectivity index (χ4n) is 2.82. The van der Waals surface area contributed by atoms with Gasteiger partial charge in [-0.15, -0.1) is 0 Å². The maximum atomic E-state index is 11.9. The van der Waals surface area contributed by atoms with Crippen LogP contribution in [0.25, 0.3) is 0 Å². The largest absolute Gasteiger partial charge is 0.519 e. The minimum atomic E-state index is -0.899. The number of quaternary nitrogens is 1. The Morgan fingerprint density at radius 3 is 2.50 bits per heavy atom. The van der Waals surface area contributed by atoms with E-state index in [2.05, 4.69) is 9.72 Å². The molecule has 108 valence electrons. The van der Waals surface area contributed by atoms with E-state index < -0.39 is 17.6 Å². The van der Waals surface area contributed by atoms with Crippen molar-refractivity contribution in [2.75, 3.05) is 13.7 Å². The predicted octanol–water partition coefficient (Wildman–Crippen LogP) is 2.21. The number of carbonyl (C=O) groups excluding carboxylic acids is 1. The molecule has 1 atom stereocenters. The molecule has 0 fully saturated rings. The van der Waals surface area contributed by atoms with Crippen molar-refractivity contribution in [1.29, 1.82) is 0 Å². The molecule has 1 unspecified atom stereocenters. The van der Waals surface area contributed by atoms with Gasteiger partial charge in [-0.25, -0.2) is 9.78 Å². The number of carboxylic acid groups (broad SMARTS) is 1. The van der Waals surface area contributed by atoms with Crippen molar-refractivity contribution in [2.24, 2.45) is 0 Å². The average molecular weight is 279 g/mol. The van der Waals surface area contributed by atoms with Gasteiger partial charge in [0.05, 0.1) is 7.11 Å². The molecule has 0 aliphatic carbocycles. The van der Waals surface area contributed by atoms with Gasteiger partial charge in [-0.1, -0.05) is 0 Å². The quantitative estimate of drug-likeness (QED) is 0.630. The number of methoxy groups -OCH3 is 1. The van der Waals surface area contributed by atoms with E-state index in [9.17, 15) is 14.7 Å². The number of ether oxygens (including phenoxy) is 1. The van der Waals surface area contributed by atoms with Crippen LogP contribution in [0, 0.1) is 0 Å². The van der Waals surface area contributed by atoms with Crippen LogP contribution in [-0.2, 0) is 11.2 Å². The number of pyridine rings is 1. The molecule has 0 spiro atoms. The second kappa shape index (κ2) is 4.56. The number of fused-ring (bicyclic) bond motifs is 1. The first kappa shape index (κ1) is 14.5. The Hall–Kier alpha value is -1.95. The zero-order chi connectivity index (χ0) is 15.1. The number of amides is 1. The van der Waals surface area contributed by atoms with Crippen LogP contribution in [0.15, 0.2) is 12.1 Å². The second-order valence-corrected chi connectivity index (χ2v) is 5.89. The van der Waals surface area contributed by atoms with Gasteiger partial charge in [0.1, 0.15) is 23.5 Å². The van der Waals surface area contributed by atoms with Gasteiger partial charge < -0.3 is 9.84 Å². The Bertz CT molecular complexity index is 577. The summed E-state index contributed by atoms with van der Waals surface area (Å²) in [5.41, 5.74) is 1.03. The van der Waals surface area contributed by atoms with Gasteiger partial charge in [0.15, 0.2) is 5.69 Å². The molecule has 1 aromatic rings. The number of hydrogen-bond acceptors (Lipinski definition) is 4. The van der Waals surface area contributed by atoms with Crippen molar-refractivity contribution in [3.63, 3.8) is 0 Å². The SMILES string of the molecule is COC(=O)c1ccc2c(n1)CC[N+]2(C(=O)O)C(C)(C)C. The Labute approximate surface area is 117 Å². The third kappa shape index (κ3) is 1.87. The summed E-state index contributed by atoms with van der Waals surface area (Å²) in [4.78, 5) is 27.6. The topological polar surface area (TPSA) is 76.5 Å². The van der Waals surface area contributed by atoms with E-state index in [-0.39, 0.29) is 10.2 Å². The highest BCUT2D eigenvalue weighted by Gasteiger charge is 2.54. The molecule has 6 nitrogen and oxygen atoms in total. The molecule has 2 heterocycles. The van der Waals surface area contributed by atoms with E-state index in [1.807, 2.05) is 20.8 Å². The van der Waals surface area contributed by atoms with Crippen molar-refractivity contribution in [3.8, 4) is 0 Å². The number of esters is 1. The Morgan fingerprint density at radius 2 is 2.00 bits per heavy atom. The summed E-state index contributed by atoms with van der Waals surface area (Å²) >= 11 is 0. The van der Waals surface area contributed by atoms with Crippen LogP contribution in [0.4, 0.5) is 10.5 Å². The first-order chi connectivity index (χ1) is 9.24. The maximum absolute atomic E-state index is 11.9. The third-order valence-corrected chi connectivity index (χ3v) is 3.91. The summed E-state index contributed by atoms with van der Waals surface area (Å²) in [5.74, 6) is -0.510. The number of carbonyl (C=O) groups is 2. The van der Waals surface area contributed by atoms with Gasteiger partial charge in [-0.05, 0) is 26.8 Å². The lowest BCUT2D eigenvalue weighted by atomic mass is 10.0. The van der Waals surface area contributed by atoms with E-state index in [0.29, 0.717) is 24.3 Å². The van der Waals surface area contributed by atoms with E-state index in [1.54, 1.807) is 6.07 Å². The lowest BCUT2D eigenvalue weighted by Gasteiger charge is -2.39. The number of hydrogen-bond donors (Lipinski definition) is 1. The van der Waals surface area contributed by atoms with Gasteiger partial charge >= 0.3 is 12.1 Å². The second-order valence-electron chi connectivity index (χ2n) is 5.89. The van der Waals surface area contributed by atoms with E-state index >= 15 is 0 Å². The van der Waals surface area contributed by atoms with Gasteiger partial charge in [0.2, 0.25) is 0 Å². The fourth-order valence-corrected chi connectivity index (χ4v) is 2.82. The molecule has 1 aliphatic heterocycles. The molecule has 0 bridgehead atoms. The molecule has 1 N–H and O–H groups in total. The van der Waals surface area contributed by atoms with Crippen molar-refractivity contribution in [3.05, 3.63) is 23.5 Å². The van der Waals surface area contributed by atoms with Crippen LogP contribution >= 0.6 is 0 Å². The highest BCUT2D eigenvalue weighted by atomic mass is 16.5. The molecular formula is C14H19N2O4+. The molecule has 1 amide bonds. The smallest absolute Gasteiger partial charge is 0.464 e. The molecule has 6 heteroatoms. The predicted molar refractivity (Wildman–Crippen MR) is 73.7 cm³/mol. The van der Waals surface area contributed by atoms with Crippen LogP contribution < -0.4 is 4.48 Å². The van der Waals surface area contributed by atoms with Crippen LogP contribution in [0.3, 0.4) is 0 Å². The van der Waals surface area contributed by atoms with E-state index in [4.69, 9.17) is 0 Å². The van der Waals surface area contributed by atoms with Gasteiger partial charge in [-0.3, -0.25) is 0 Å². The fraction of sp³-hybridized carbons (Fsp3) is 0.500. The minimum Gasteiger partial charge on any atom is -0.464 e. The molecular weight excluding hydrogens is 260 g/mol. The maximum Gasteiger partial charge on any atom is 0.519 e. The zero-order valence-corrected chi connectivity index (χ0v) is 12.1. The van der Waals surface area contributed by atoms with E-state index in [0.717, 1.165) is 0 Å². The summed E-state index contributed by atoms with van der Waals surface area (Å²) in [6.45, 7) is 6.12. The molecule has 0 radical (unpaired) electrons. The van der Waals surface area contributed by atoms with Crippen molar-refractivity contribution >= 4 is 17.7 Å². The van der Waals surface area contributed by atoms with Crippen LogP contribution in [0.1, 0.15) is 37.0 Å². The Kier molecular flexibility index (Phi) is 3.29. The standard InChI is InChI=1S/C14H18N2O4/c1-14(2,3)16(13(18)19)8-7-9-11(16)6-5-10(15-9)12(17)20-4/h5-6H,7-8H2,1-4H3/p+1. The summed E-state index contributed by atoms with van der Waals surface area (Å²) in [7, 11) is 1.30. The summed E-state index contributed by atoms with van der Waals surface area (Å²) in [6, 6.07) is 3.21. The monoisotopic (exact) mass is 279 g/mol. The molecule has 1 aliphatic rings. The Balaban J connectivity index is 2.58. The third-order valence-electron chi connectivity index (χ3n) is 3.91. The van der Waals surface area contributed by atoms with Crippen molar-refractivity contribution in [2.45, 2.75) is 32.7 Å². The van der Waals surface area contributed by atoms with Crippen LogP contribution in [-0.4, -0.2) is 41.3 Å². The highest BCUT2D eigenvalue weighted by Crippen LogP contribution is 2.41. The normalized spacial score (nSPS) is 21.4. The zero-order valence-electron chi connectivity index (χ0n) is 12.1.